The molecule has 7 heteroatoms. The summed E-state index contributed by atoms with van der Waals surface area (Å²) >= 11 is 7.23. The van der Waals surface area contributed by atoms with E-state index in [9.17, 15) is 8.78 Å². The van der Waals surface area contributed by atoms with Crippen LogP contribution in [0.3, 0.4) is 0 Å². The largest absolute Gasteiger partial charge is 0.253 e. The van der Waals surface area contributed by atoms with Crippen molar-refractivity contribution in [3.63, 3.8) is 0 Å². The number of hydrazone groups is 1. The molecule has 1 heterocycles. The third kappa shape index (κ3) is 3.44. The molecule has 0 spiro atoms. The summed E-state index contributed by atoms with van der Waals surface area (Å²) in [5.41, 5.74) is 4.48. The van der Waals surface area contributed by atoms with Crippen molar-refractivity contribution in [3.05, 3.63) is 69.6 Å². The number of hydrogen-bond donors (Lipinski definition) is 1. The third-order valence-corrected chi connectivity index (χ3v) is 4.42. The predicted molar refractivity (Wildman–Crippen MR) is 94.9 cm³/mol. The Hall–Kier alpha value is -2.31. The van der Waals surface area contributed by atoms with E-state index in [1.807, 2.05) is 35.7 Å². The lowest BCUT2D eigenvalue weighted by Gasteiger charge is -2.04. The lowest BCUT2D eigenvalue weighted by Crippen LogP contribution is -1.99. The van der Waals surface area contributed by atoms with Gasteiger partial charge in [0, 0.05) is 22.1 Å². The summed E-state index contributed by atoms with van der Waals surface area (Å²) in [5.74, 6) is -1.41. The van der Waals surface area contributed by atoms with Gasteiger partial charge in [-0.25, -0.2) is 13.8 Å². The molecule has 3 nitrogen and oxygen atoms in total. The Bertz CT molecular complexity index is 894. The molecule has 122 valence electrons. The van der Waals surface area contributed by atoms with Crippen molar-refractivity contribution in [1.82, 2.24) is 4.98 Å². The first-order valence-corrected chi connectivity index (χ1v) is 8.26. The molecule has 0 aliphatic rings. The van der Waals surface area contributed by atoms with Crippen LogP contribution in [0.25, 0.3) is 11.3 Å². The fraction of sp³-hybridized carbons (Fsp3) is 0.0588. The number of halogens is 3. The summed E-state index contributed by atoms with van der Waals surface area (Å²) in [6.45, 7) is 1.35. The fourth-order valence-electron chi connectivity index (χ4n) is 2.05. The predicted octanol–water partition coefficient (Wildman–Crippen LogP) is 5.50. The molecule has 0 atom stereocenters. The minimum atomic E-state index is -0.727. The number of anilines is 1. The van der Waals surface area contributed by atoms with Crippen LogP contribution < -0.4 is 5.43 Å². The second-order valence-corrected chi connectivity index (χ2v) is 6.23. The van der Waals surface area contributed by atoms with Gasteiger partial charge in [0.1, 0.15) is 11.6 Å². The molecule has 1 N–H and O–H groups in total. The highest BCUT2D eigenvalue weighted by molar-refractivity contribution is 7.14. The van der Waals surface area contributed by atoms with E-state index < -0.39 is 11.6 Å². The summed E-state index contributed by atoms with van der Waals surface area (Å²) in [6.07, 6.45) is 1.22. The van der Waals surface area contributed by atoms with E-state index in [4.69, 9.17) is 11.6 Å². The quantitative estimate of drug-likeness (QED) is 0.491. The zero-order chi connectivity index (χ0) is 17.1. The maximum Gasteiger partial charge on any atom is 0.203 e. The van der Waals surface area contributed by atoms with Gasteiger partial charge in [-0.1, -0.05) is 41.9 Å². The van der Waals surface area contributed by atoms with Gasteiger partial charge in [-0.15, -0.1) is 11.3 Å². The Morgan fingerprint density at radius 2 is 2.00 bits per heavy atom. The Morgan fingerprint density at radius 3 is 2.75 bits per heavy atom. The standard InChI is InChI=1S/C17H12ClF2N3S/c1-10-14(19)7-13(18)12(16(10)20)8-21-23-17-22-15(9-24-17)11-5-3-2-4-6-11/h2-9H,1H3,(H,22,23). The van der Waals surface area contributed by atoms with Crippen LogP contribution in [0.5, 0.6) is 0 Å². The van der Waals surface area contributed by atoms with Gasteiger partial charge < -0.3 is 0 Å². The van der Waals surface area contributed by atoms with Crippen molar-refractivity contribution in [3.8, 4) is 11.3 Å². The maximum atomic E-state index is 14.0. The maximum absolute atomic E-state index is 14.0. The van der Waals surface area contributed by atoms with Crippen molar-refractivity contribution < 1.29 is 8.78 Å². The van der Waals surface area contributed by atoms with Crippen molar-refractivity contribution in [1.29, 1.82) is 0 Å². The molecule has 3 rings (SSSR count). The normalized spacial score (nSPS) is 11.2. The van der Waals surface area contributed by atoms with Crippen molar-refractivity contribution >= 4 is 34.3 Å². The molecule has 0 saturated carbocycles. The van der Waals surface area contributed by atoms with Crippen LogP contribution in [0.4, 0.5) is 13.9 Å². The average Bonchev–Trinajstić information content (AvgIpc) is 3.06. The summed E-state index contributed by atoms with van der Waals surface area (Å²) in [4.78, 5) is 4.40. The zero-order valence-electron chi connectivity index (χ0n) is 12.6. The van der Waals surface area contributed by atoms with Crippen molar-refractivity contribution in [2.75, 3.05) is 5.43 Å². The number of rotatable bonds is 4. The first-order chi connectivity index (χ1) is 11.6. The molecular weight excluding hydrogens is 352 g/mol. The van der Waals surface area contributed by atoms with Gasteiger partial charge in [-0.2, -0.15) is 5.10 Å². The van der Waals surface area contributed by atoms with Crippen LogP contribution in [0.15, 0.2) is 46.9 Å². The third-order valence-electron chi connectivity index (χ3n) is 3.36. The number of nitrogens with one attached hydrogen (secondary N) is 1. The summed E-state index contributed by atoms with van der Waals surface area (Å²) in [7, 11) is 0. The zero-order valence-corrected chi connectivity index (χ0v) is 14.1. The van der Waals surface area contributed by atoms with Crippen LogP contribution in [-0.2, 0) is 0 Å². The molecule has 0 unspecified atom stereocenters. The number of hydrogen-bond acceptors (Lipinski definition) is 4. The van der Waals surface area contributed by atoms with Gasteiger partial charge in [0.2, 0.25) is 5.13 Å². The second kappa shape index (κ2) is 7.07. The summed E-state index contributed by atoms with van der Waals surface area (Å²) < 4.78 is 27.4. The minimum Gasteiger partial charge on any atom is -0.253 e. The molecule has 2 aromatic carbocycles. The van der Waals surface area contributed by atoms with Gasteiger partial charge in [-0.05, 0) is 13.0 Å². The molecule has 24 heavy (non-hydrogen) atoms. The topological polar surface area (TPSA) is 37.3 Å². The molecule has 0 aliphatic carbocycles. The highest BCUT2D eigenvalue weighted by Gasteiger charge is 2.13. The average molecular weight is 364 g/mol. The van der Waals surface area contributed by atoms with E-state index in [0.717, 1.165) is 17.3 Å². The second-order valence-electron chi connectivity index (χ2n) is 4.97. The van der Waals surface area contributed by atoms with Gasteiger partial charge in [0.25, 0.3) is 0 Å². The van der Waals surface area contributed by atoms with Crippen LogP contribution >= 0.6 is 22.9 Å². The first kappa shape index (κ1) is 16.5. The molecule has 3 aromatic rings. The Labute approximate surface area is 146 Å². The Morgan fingerprint density at radius 1 is 1.25 bits per heavy atom. The highest BCUT2D eigenvalue weighted by Crippen LogP contribution is 2.25. The van der Waals surface area contributed by atoms with Crippen LogP contribution in [0.1, 0.15) is 11.1 Å². The lowest BCUT2D eigenvalue weighted by molar-refractivity contribution is 0.567. The summed E-state index contributed by atoms with van der Waals surface area (Å²) in [5, 5.41) is 6.35. The van der Waals surface area contributed by atoms with E-state index in [-0.39, 0.29) is 16.1 Å². The molecule has 0 amide bonds. The fourth-order valence-corrected chi connectivity index (χ4v) is 2.94. The van der Waals surface area contributed by atoms with Crippen LogP contribution in [-0.4, -0.2) is 11.2 Å². The Balaban J connectivity index is 1.76. The molecular formula is C17H12ClF2N3S. The molecule has 0 fully saturated rings. The Kier molecular flexibility index (Phi) is 4.87. The number of aromatic nitrogens is 1. The molecule has 1 aromatic heterocycles. The number of benzene rings is 2. The van der Waals surface area contributed by atoms with E-state index in [2.05, 4.69) is 15.5 Å². The lowest BCUT2D eigenvalue weighted by atomic mass is 10.1. The minimum absolute atomic E-state index is 0.0305. The molecule has 0 saturated heterocycles. The van der Waals surface area contributed by atoms with Crippen molar-refractivity contribution in [2.45, 2.75) is 6.92 Å². The SMILES string of the molecule is Cc1c(F)cc(Cl)c(C=NNc2nc(-c3ccccc3)cs2)c1F. The monoisotopic (exact) mass is 363 g/mol. The molecule has 0 bridgehead atoms. The van der Waals surface area contributed by atoms with Gasteiger partial charge in [0.05, 0.1) is 16.9 Å². The van der Waals surface area contributed by atoms with Gasteiger partial charge in [0.15, 0.2) is 0 Å². The highest BCUT2D eigenvalue weighted by atomic mass is 35.5. The van der Waals surface area contributed by atoms with E-state index in [1.54, 1.807) is 0 Å². The van der Waals surface area contributed by atoms with Crippen LogP contribution in [0.2, 0.25) is 5.02 Å². The molecule has 0 radical (unpaired) electrons. The van der Waals surface area contributed by atoms with E-state index in [0.29, 0.717) is 5.13 Å². The molecule has 0 aliphatic heterocycles. The summed E-state index contributed by atoms with van der Waals surface area (Å²) in [6, 6.07) is 10.8. The van der Waals surface area contributed by atoms with E-state index >= 15 is 0 Å². The van der Waals surface area contributed by atoms with Gasteiger partial charge in [-0.3, -0.25) is 5.43 Å². The number of nitrogens with zero attached hydrogens (tertiary/aromatic N) is 2. The van der Waals surface area contributed by atoms with Crippen LogP contribution in [0, 0.1) is 18.6 Å². The van der Waals surface area contributed by atoms with Gasteiger partial charge >= 0.3 is 0 Å². The smallest absolute Gasteiger partial charge is 0.203 e. The first-order valence-electron chi connectivity index (χ1n) is 7.00. The van der Waals surface area contributed by atoms with E-state index in [1.165, 1.54) is 24.5 Å². The van der Waals surface area contributed by atoms with Crippen molar-refractivity contribution in [2.24, 2.45) is 5.10 Å². The number of thiazole rings is 1.